The fourth-order valence-electron chi connectivity index (χ4n) is 2.58. The Kier molecular flexibility index (Phi) is 7.32. The van der Waals surface area contributed by atoms with Gasteiger partial charge in [-0.2, -0.15) is 0 Å². The lowest BCUT2D eigenvalue weighted by molar-refractivity contribution is -0.128. The van der Waals surface area contributed by atoms with Crippen LogP contribution >= 0.6 is 11.6 Å². The lowest BCUT2D eigenvalue weighted by atomic mass is 10.1. The summed E-state index contributed by atoms with van der Waals surface area (Å²) in [5, 5.41) is 3.72. The Morgan fingerprint density at radius 2 is 1.88 bits per heavy atom. The van der Waals surface area contributed by atoms with Crippen LogP contribution < -0.4 is 10.1 Å². The minimum absolute atomic E-state index is 0.0560. The van der Waals surface area contributed by atoms with Gasteiger partial charge in [-0.05, 0) is 68.0 Å². The molecular formula is C21H26ClNO2. The molecule has 4 heteroatoms. The number of carbonyl (C=O) groups excluding carboxylic acids is 1. The summed E-state index contributed by atoms with van der Waals surface area (Å²) in [6.07, 6.45) is 1.96. The summed E-state index contributed by atoms with van der Waals surface area (Å²) in [6, 6.07) is 13.8. The lowest BCUT2D eigenvalue weighted by Gasteiger charge is -2.19. The molecule has 0 saturated carbocycles. The molecule has 0 bridgehead atoms. The minimum Gasteiger partial charge on any atom is -0.480 e. The Bertz CT molecular complexity index is 698. The van der Waals surface area contributed by atoms with Crippen LogP contribution in [0.3, 0.4) is 0 Å². The number of halogens is 1. The molecule has 0 aromatic heterocycles. The van der Waals surface area contributed by atoms with E-state index in [0.29, 0.717) is 13.0 Å². The summed E-state index contributed by atoms with van der Waals surface area (Å²) in [4.78, 5) is 12.4. The van der Waals surface area contributed by atoms with Gasteiger partial charge in [-0.25, -0.2) is 0 Å². The molecule has 0 fully saturated rings. The molecular weight excluding hydrogens is 334 g/mol. The number of hydrogen-bond donors (Lipinski definition) is 1. The van der Waals surface area contributed by atoms with Gasteiger partial charge in [-0.1, -0.05) is 42.8 Å². The first-order valence-electron chi connectivity index (χ1n) is 8.75. The van der Waals surface area contributed by atoms with E-state index in [1.165, 1.54) is 5.56 Å². The maximum Gasteiger partial charge on any atom is 0.261 e. The van der Waals surface area contributed by atoms with Crippen LogP contribution in [0, 0.1) is 13.8 Å². The topological polar surface area (TPSA) is 38.3 Å². The van der Waals surface area contributed by atoms with Crippen LogP contribution in [0.5, 0.6) is 5.75 Å². The largest absolute Gasteiger partial charge is 0.480 e. The van der Waals surface area contributed by atoms with Crippen molar-refractivity contribution in [3.8, 4) is 5.75 Å². The molecule has 2 aromatic carbocycles. The molecule has 0 aliphatic carbocycles. The van der Waals surface area contributed by atoms with Crippen LogP contribution in [0.2, 0.25) is 5.02 Å². The highest BCUT2D eigenvalue weighted by Gasteiger charge is 2.18. The van der Waals surface area contributed by atoms with Crippen LogP contribution in [0.1, 0.15) is 36.5 Å². The Labute approximate surface area is 155 Å². The number of ether oxygens (including phenoxy) is 1. The summed E-state index contributed by atoms with van der Waals surface area (Å²) in [7, 11) is 0. The van der Waals surface area contributed by atoms with E-state index in [2.05, 4.69) is 5.32 Å². The van der Waals surface area contributed by atoms with Crippen LogP contribution in [-0.4, -0.2) is 18.6 Å². The first kappa shape index (κ1) is 19.3. The summed E-state index contributed by atoms with van der Waals surface area (Å²) in [5.74, 6) is 0.725. The second-order valence-corrected chi connectivity index (χ2v) is 6.74. The molecule has 134 valence electrons. The van der Waals surface area contributed by atoms with Crippen molar-refractivity contribution in [2.24, 2.45) is 0 Å². The predicted octanol–water partition coefficient (Wildman–Crippen LogP) is 4.86. The summed E-state index contributed by atoms with van der Waals surface area (Å²) >= 11 is 5.88. The molecule has 1 N–H and O–H groups in total. The van der Waals surface area contributed by atoms with E-state index in [1.807, 2.05) is 63.2 Å². The average Bonchev–Trinajstić information content (AvgIpc) is 2.60. The van der Waals surface area contributed by atoms with Gasteiger partial charge >= 0.3 is 0 Å². The van der Waals surface area contributed by atoms with Crippen LogP contribution in [0.15, 0.2) is 42.5 Å². The van der Waals surface area contributed by atoms with Gasteiger partial charge in [0, 0.05) is 11.6 Å². The first-order chi connectivity index (χ1) is 12.0. The van der Waals surface area contributed by atoms with Gasteiger partial charge in [0.25, 0.3) is 5.91 Å². The molecule has 0 unspecified atom stereocenters. The highest BCUT2D eigenvalue weighted by atomic mass is 35.5. The Hall–Kier alpha value is -2.00. The van der Waals surface area contributed by atoms with Gasteiger partial charge < -0.3 is 10.1 Å². The zero-order valence-corrected chi connectivity index (χ0v) is 15.9. The standard InChI is InChI=1S/C21H26ClNO2/c1-4-19(25-20-14-15(2)7-8-16(20)3)21(24)23-13-5-6-17-9-11-18(22)12-10-17/h7-12,14,19H,4-6,13H2,1-3H3,(H,23,24)/t19-/m1/s1. The van der Waals surface area contributed by atoms with E-state index in [9.17, 15) is 4.79 Å². The Morgan fingerprint density at radius 3 is 2.56 bits per heavy atom. The monoisotopic (exact) mass is 359 g/mol. The van der Waals surface area contributed by atoms with Crippen molar-refractivity contribution < 1.29 is 9.53 Å². The summed E-state index contributed by atoms with van der Waals surface area (Å²) < 4.78 is 5.94. The van der Waals surface area contributed by atoms with Crippen molar-refractivity contribution in [1.82, 2.24) is 5.32 Å². The van der Waals surface area contributed by atoms with E-state index in [4.69, 9.17) is 16.3 Å². The number of rotatable bonds is 8. The number of amides is 1. The molecule has 0 saturated heterocycles. The molecule has 2 aromatic rings. The fraction of sp³-hybridized carbons (Fsp3) is 0.381. The van der Waals surface area contributed by atoms with Gasteiger partial charge in [0.15, 0.2) is 6.10 Å². The predicted molar refractivity (Wildman–Crippen MR) is 103 cm³/mol. The van der Waals surface area contributed by atoms with Crippen molar-refractivity contribution in [3.63, 3.8) is 0 Å². The molecule has 1 atom stereocenters. The molecule has 25 heavy (non-hydrogen) atoms. The average molecular weight is 360 g/mol. The van der Waals surface area contributed by atoms with Gasteiger partial charge in [-0.15, -0.1) is 0 Å². The van der Waals surface area contributed by atoms with E-state index in [-0.39, 0.29) is 5.91 Å². The quantitative estimate of drug-likeness (QED) is 0.683. The number of benzene rings is 2. The third kappa shape index (κ3) is 6.09. The molecule has 3 nitrogen and oxygen atoms in total. The number of carbonyl (C=O) groups is 1. The third-order valence-corrected chi connectivity index (χ3v) is 4.38. The smallest absolute Gasteiger partial charge is 0.261 e. The van der Waals surface area contributed by atoms with Crippen molar-refractivity contribution in [2.45, 2.75) is 46.1 Å². The fourth-order valence-corrected chi connectivity index (χ4v) is 2.70. The van der Waals surface area contributed by atoms with E-state index >= 15 is 0 Å². The molecule has 2 rings (SSSR count). The zero-order valence-electron chi connectivity index (χ0n) is 15.1. The summed E-state index contributed by atoms with van der Waals surface area (Å²) in [6.45, 7) is 6.60. The molecule has 0 heterocycles. The second kappa shape index (κ2) is 9.47. The van der Waals surface area contributed by atoms with E-state index in [1.54, 1.807) is 0 Å². The molecule has 1 amide bonds. The van der Waals surface area contributed by atoms with Gasteiger partial charge in [0.1, 0.15) is 5.75 Å². The highest BCUT2D eigenvalue weighted by Crippen LogP contribution is 2.21. The minimum atomic E-state index is -0.462. The zero-order chi connectivity index (χ0) is 18.2. The second-order valence-electron chi connectivity index (χ2n) is 6.30. The number of hydrogen-bond acceptors (Lipinski definition) is 2. The van der Waals surface area contributed by atoms with Crippen LogP contribution in [-0.2, 0) is 11.2 Å². The lowest BCUT2D eigenvalue weighted by Crippen LogP contribution is -2.38. The van der Waals surface area contributed by atoms with Crippen LogP contribution in [0.25, 0.3) is 0 Å². The molecule has 0 radical (unpaired) electrons. The summed E-state index contributed by atoms with van der Waals surface area (Å²) in [5.41, 5.74) is 3.38. The van der Waals surface area contributed by atoms with Gasteiger partial charge in [-0.3, -0.25) is 4.79 Å². The normalized spacial score (nSPS) is 11.8. The highest BCUT2D eigenvalue weighted by molar-refractivity contribution is 6.30. The van der Waals surface area contributed by atoms with Crippen molar-refractivity contribution in [2.75, 3.05) is 6.54 Å². The Balaban J connectivity index is 1.81. The maximum absolute atomic E-state index is 12.4. The number of nitrogens with one attached hydrogen (secondary N) is 1. The van der Waals surface area contributed by atoms with Gasteiger partial charge in [0.05, 0.1) is 0 Å². The number of aryl methyl sites for hydroxylation is 3. The van der Waals surface area contributed by atoms with E-state index in [0.717, 1.165) is 34.7 Å². The molecule has 0 aliphatic heterocycles. The van der Waals surface area contributed by atoms with Crippen LogP contribution in [0.4, 0.5) is 0 Å². The third-order valence-electron chi connectivity index (χ3n) is 4.13. The maximum atomic E-state index is 12.4. The van der Waals surface area contributed by atoms with Crippen molar-refractivity contribution in [1.29, 1.82) is 0 Å². The first-order valence-corrected chi connectivity index (χ1v) is 9.13. The Morgan fingerprint density at radius 1 is 1.16 bits per heavy atom. The SMILES string of the molecule is CC[C@@H](Oc1cc(C)ccc1C)C(=O)NCCCc1ccc(Cl)cc1. The van der Waals surface area contributed by atoms with Gasteiger partial charge in [0.2, 0.25) is 0 Å². The molecule has 0 aliphatic rings. The molecule has 0 spiro atoms. The van der Waals surface area contributed by atoms with E-state index < -0.39 is 6.10 Å². The van der Waals surface area contributed by atoms with Crippen molar-refractivity contribution >= 4 is 17.5 Å². The van der Waals surface area contributed by atoms with Crippen molar-refractivity contribution in [3.05, 3.63) is 64.2 Å².